The molecule has 1 N–H and O–H groups in total. The van der Waals surface area contributed by atoms with Gasteiger partial charge in [-0.15, -0.1) is 10.2 Å². The van der Waals surface area contributed by atoms with E-state index in [2.05, 4.69) is 20.5 Å². The predicted molar refractivity (Wildman–Crippen MR) is 116 cm³/mol. The van der Waals surface area contributed by atoms with Crippen molar-refractivity contribution in [3.05, 3.63) is 65.9 Å². The molecule has 0 spiro atoms. The summed E-state index contributed by atoms with van der Waals surface area (Å²) in [7, 11) is -3.48. The first kappa shape index (κ1) is 20.2. The summed E-state index contributed by atoms with van der Waals surface area (Å²) in [5.74, 6) is 2.05. The van der Waals surface area contributed by atoms with Crippen LogP contribution in [0.15, 0.2) is 59.6 Å². The average Bonchev–Trinajstić information content (AvgIpc) is 2.75. The fourth-order valence-corrected chi connectivity index (χ4v) is 4.74. The molecule has 0 unspecified atom stereocenters. The van der Waals surface area contributed by atoms with Crippen molar-refractivity contribution in [2.45, 2.75) is 18.7 Å². The van der Waals surface area contributed by atoms with E-state index in [1.807, 2.05) is 55.1 Å². The highest BCUT2D eigenvalue weighted by Gasteiger charge is 2.28. The second-order valence-corrected chi connectivity index (χ2v) is 9.26. The summed E-state index contributed by atoms with van der Waals surface area (Å²) in [6.45, 7) is 5.88. The number of hydrogen-bond acceptors (Lipinski definition) is 7. The molecule has 2 aromatic heterocycles. The maximum Gasteiger partial charge on any atom is 0.243 e. The molecule has 4 rings (SSSR count). The van der Waals surface area contributed by atoms with Crippen molar-refractivity contribution in [2.75, 3.05) is 36.4 Å². The Labute approximate surface area is 176 Å². The van der Waals surface area contributed by atoms with Gasteiger partial charge in [-0.05, 0) is 55.8 Å². The monoisotopic (exact) mass is 424 g/mol. The number of rotatable bonds is 5. The summed E-state index contributed by atoms with van der Waals surface area (Å²) in [5, 5.41) is 11.7. The molecule has 1 fully saturated rings. The van der Waals surface area contributed by atoms with Crippen molar-refractivity contribution in [1.82, 2.24) is 19.5 Å². The first-order chi connectivity index (χ1) is 14.4. The lowest BCUT2D eigenvalue weighted by molar-refractivity contribution is 0.383. The van der Waals surface area contributed by atoms with Crippen LogP contribution in [0.2, 0.25) is 0 Å². The van der Waals surface area contributed by atoms with Crippen LogP contribution in [-0.4, -0.2) is 54.1 Å². The Bertz CT molecular complexity index is 1110. The third kappa shape index (κ3) is 4.42. The quantitative estimate of drug-likeness (QED) is 0.673. The summed E-state index contributed by atoms with van der Waals surface area (Å²) >= 11 is 0. The zero-order valence-electron chi connectivity index (χ0n) is 17.0. The van der Waals surface area contributed by atoms with Crippen LogP contribution in [0.5, 0.6) is 0 Å². The second kappa shape index (κ2) is 8.37. The van der Waals surface area contributed by atoms with E-state index in [9.17, 15) is 8.42 Å². The molecule has 0 atom stereocenters. The van der Waals surface area contributed by atoms with Crippen molar-refractivity contribution >= 4 is 27.5 Å². The number of pyridine rings is 1. The molecule has 3 aromatic rings. The van der Waals surface area contributed by atoms with E-state index in [1.54, 1.807) is 18.3 Å². The summed E-state index contributed by atoms with van der Waals surface area (Å²) in [4.78, 5) is 6.64. The molecular weight excluding hydrogens is 400 g/mol. The number of benzene rings is 1. The van der Waals surface area contributed by atoms with E-state index in [0.717, 1.165) is 16.9 Å². The summed E-state index contributed by atoms with van der Waals surface area (Å²) in [5.41, 5.74) is 2.14. The number of anilines is 3. The Morgan fingerprint density at radius 3 is 2.20 bits per heavy atom. The highest BCUT2D eigenvalue weighted by Crippen LogP contribution is 2.21. The third-order valence-electron chi connectivity index (χ3n) is 5.04. The Morgan fingerprint density at radius 2 is 1.57 bits per heavy atom. The summed E-state index contributed by atoms with van der Waals surface area (Å²) in [6, 6.07) is 14.6. The van der Waals surface area contributed by atoms with Gasteiger partial charge in [0.05, 0.1) is 4.90 Å². The average molecular weight is 425 g/mol. The molecule has 8 nitrogen and oxygen atoms in total. The number of aryl methyl sites for hydroxylation is 2. The first-order valence-corrected chi connectivity index (χ1v) is 11.2. The molecule has 3 heterocycles. The third-order valence-corrected chi connectivity index (χ3v) is 6.96. The van der Waals surface area contributed by atoms with E-state index >= 15 is 0 Å². The van der Waals surface area contributed by atoms with Crippen LogP contribution in [0.1, 0.15) is 11.1 Å². The molecule has 0 aliphatic carbocycles. The normalized spacial score (nSPS) is 15.2. The van der Waals surface area contributed by atoms with E-state index in [4.69, 9.17) is 0 Å². The van der Waals surface area contributed by atoms with Gasteiger partial charge in [-0.3, -0.25) is 0 Å². The van der Waals surface area contributed by atoms with Gasteiger partial charge in [-0.25, -0.2) is 13.4 Å². The first-order valence-electron chi connectivity index (χ1n) is 9.77. The number of aromatic nitrogens is 3. The van der Waals surface area contributed by atoms with Gasteiger partial charge in [0.15, 0.2) is 11.6 Å². The van der Waals surface area contributed by atoms with Gasteiger partial charge < -0.3 is 10.2 Å². The molecule has 0 bridgehead atoms. The number of nitrogens with one attached hydrogen (secondary N) is 1. The molecule has 156 valence electrons. The lowest BCUT2D eigenvalue weighted by atomic mass is 10.2. The summed E-state index contributed by atoms with van der Waals surface area (Å²) < 4.78 is 27.2. The van der Waals surface area contributed by atoms with E-state index in [1.165, 1.54) is 4.31 Å². The predicted octanol–water partition coefficient (Wildman–Crippen LogP) is 2.74. The topological polar surface area (TPSA) is 91.3 Å². The van der Waals surface area contributed by atoms with E-state index < -0.39 is 10.0 Å². The molecule has 30 heavy (non-hydrogen) atoms. The minimum atomic E-state index is -3.48. The molecule has 1 aliphatic heterocycles. The van der Waals surface area contributed by atoms with E-state index in [-0.39, 0.29) is 0 Å². The Balaban J connectivity index is 1.38. The van der Waals surface area contributed by atoms with Crippen LogP contribution in [0.4, 0.5) is 17.5 Å². The maximum atomic E-state index is 12.8. The summed E-state index contributed by atoms with van der Waals surface area (Å²) in [6.07, 6.45) is 1.74. The van der Waals surface area contributed by atoms with E-state index in [0.29, 0.717) is 42.7 Å². The lowest BCUT2D eigenvalue weighted by Crippen LogP contribution is -2.49. The fourth-order valence-electron chi connectivity index (χ4n) is 3.31. The van der Waals surface area contributed by atoms with Crippen molar-refractivity contribution in [2.24, 2.45) is 0 Å². The molecule has 0 radical (unpaired) electrons. The van der Waals surface area contributed by atoms with Crippen LogP contribution in [0, 0.1) is 13.8 Å². The molecule has 0 amide bonds. The highest BCUT2D eigenvalue weighted by atomic mass is 32.2. The van der Waals surface area contributed by atoms with Crippen molar-refractivity contribution < 1.29 is 8.42 Å². The molecule has 1 aliphatic rings. The zero-order chi connectivity index (χ0) is 21.1. The van der Waals surface area contributed by atoms with Gasteiger partial charge >= 0.3 is 0 Å². The number of sulfonamides is 1. The van der Waals surface area contributed by atoms with Crippen molar-refractivity contribution in [1.29, 1.82) is 0 Å². The second-order valence-electron chi connectivity index (χ2n) is 7.32. The molecule has 1 aromatic carbocycles. The van der Waals surface area contributed by atoms with Crippen molar-refractivity contribution in [3.8, 4) is 0 Å². The number of hydrogen-bond donors (Lipinski definition) is 1. The molecule has 0 saturated carbocycles. The SMILES string of the molecule is Cc1ccc(S(=O)(=O)N2CCN(c3ccc(Nc4cc(C)ccn4)nn3)CC2)cc1. The van der Waals surface area contributed by atoms with Crippen LogP contribution in [0.3, 0.4) is 0 Å². The van der Waals surface area contributed by atoms with Crippen LogP contribution >= 0.6 is 0 Å². The molecule has 9 heteroatoms. The van der Waals surface area contributed by atoms with Gasteiger partial charge in [-0.1, -0.05) is 17.7 Å². The van der Waals surface area contributed by atoms with Crippen LogP contribution in [-0.2, 0) is 10.0 Å². The van der Waals surface area contributed by atoms with Gasteiger partial charge in [-0.2, -0.15) is 4.31 Å². The smallest absolute Gasteiger partial charge is 0.243 e. The highest BCUT2D eigenvalue weighted by molar-refractivity contribution is 7.89. The van der Waals surface area contributed by atoms with Gasteiger partial charge in [0.25, 0.3) is 0 Å². The standard InChI is InChI=1S/C21H24N6O2S/c1-16-3-5-18(6-4-16)30(28,29)27-13-11-26(12-14-27)21-8-7-19(24-25-21)23-20-15-17(2)9-10-22-20/h3-10,15H,11-14H2,1-2H3,(H,22,23,24). The lowest BCUT2D eigenvalue weighted by Gasteiger charge is -2.34. The zero-order valence-corrected chi connectivity index (χ0v) is 17.8. The minimum Gasteiger partial charge on any atom is -0.352 e. The van der Waals surface area contributed by atoms with Crippen LogP contribution < -0.4 is 10.2 Å². The maximum absolute atomic E-state index is 12.8. The fraction of sp³-hybridized carbons (Fsp3) is 0.286. The minimum absolute atomic E-state index is 0.335. The Hall–Kier alpha value is -3.04. The number of nitrogens with zero attached hydrogens (tertiary/aromatic N) is 5. The van der Waals surface area contributed by atoms with Gasteiger partial charge in [0.2, 0.25) is 10.0 Å². The Kier molecular flexibility index (Phi) is 5.65. The molecule has 1 saturated heterocycles. The molecular formula is C21H24N6O2S. The number of piperazine rings is 1. The van der Waals surface area contributed by atoms with Crippen molar-refractivity contribution in [3.63, 3.8) is 0 Å². The Morgan fingerprint density at radius 1 is 0.833 bits per heavy atom. The van der Waals surface area contributed by atoms with Crippen LogP contribution in [0.25, 0.3) is 0 Å². The van der Waals surface area contributed by atoms with Gasteiger partial charge in [0.1, 0.15) is 5.82 Å². The van der Waals surface area contributed by atoms with Gasteiger partial charge in [0, 0.05) is 32.4 Å². The largest absolute Gasteiger partial charge is 0.352 e.